The van der Waals surface area contributed by atoms with E-state index in [4.69, 9.17) is 16.3 Å². The van der Waals surface area contributed by atoms with Gasteiger partial charge in [-0.1, -0.05) is 17.7 Å². The third kappa shape index (κ3) is 2.97. The number of hydrogen-bond acceptors (Lipinski definition) is 4. The molecule has 1 rings (SSSR count). The zero-order valence-corrected chi connectivity index (χ0v) is 9.71. The number of hydrogen-bond donors (Lipinski definition) is 0. The zero-order chi connectivity index (χ0) is 12.1. The molecule has 0 aromatic heterocycles. The fraction of sp³-hybridized carbons (Fsp3) is 0.273. The summed E-state index contributed by atoms with van der Waals surface area (Å²) in [5, 5.41) is 0.455. The van der Waals surface area contributed by atoms with Crippen molar-refractivity contribution < 1.29 is 19.1 Å². The number of benzene rings is 1. The largest absolute Gasteiger partial charge is 0.495 e. The quantitative estimate of drug-likeness (QED) is 0.595. The highest BCUT2D eigenvalue weighted by molar-refractivity contribution is 6.34. The van der Waals surface area contributed by atoms with E-state index >= 15 is 0 Å². The summed E-state index contributed by atoms with van der Waals surface area (Å²) < 4.78 is 9.31. The Bertz CT molecular complexity index is 414. The van der Waals surface area contributed by atoms with Crippen LogP contribution in [-0.2, 0) is 20.7 Å². The smallest absolute Gasteiger partial charge is 0.374 e. The minimum atomic E-state index is -0.853. The summed E-state index contributed by atoms with van der Waals surface area (Å²) in [6.07, 6.45) is -0.0276. The fourth-order valence-corrected chi connectivity index (χ4v) is 1.38. The molecule has 0 radical (unpaired) electrons. The van der Waals surface area contributed by atoms with Gasteiger partial charge in [-0.25, -0.2) is 4.79 Å². The first-order chi connectivity index (χ1) is 7.58. The molecule has 0 saturated heterocycles. The maximum Gasteiger partial charge on any atom is 0.374 e. The van der Waals surface area contributed by atoms with Crippen LogP contribution in [0.4, 0.5) is 0 Å². The summed E-state index contributed by atoms with van der Waals surface area (Å²) in [7, 11) is 2.65. The first-order valence-electron chi connectivity index (χ1n) is 4.52. The Morgan fingerprint density at radius 2 is 2.00 bits per heavy atom. The minimum absolute atomic E-state index is 0.0276. The van der Waals surface area contributed by atoms with Gasteiger partial charge in [0.25, 0.3) is 0 Å². The molecule has 0 spiro atoms. The molecule has 0 aliphatic rings. The molecule has 0 amide bonds. The van der Waals surface area contributed by atoms with Crippen molar-refractivity contribution in [3.8, 4) is 5.75 Å². The standard InChI is InChI=1S/C11H11ClO4/c1-15-10-6-7(3-4-8(10)12)5-9(13)11(14)16-2/h3-4,6H,5H2,1-2H3. The number of carbonyl (C=O) groups excluding carboxylic acids is 2. The highest BCUT2D eigenvalue weighted by atomic mass is 35.5. The summed E-state index contributed by atoms with van der Waals surface area (Å²) in [6, 6.07) is 4.88. The van der Waals surface area contributed by atoms with Crippen molar-refractivity contribution in [3.05, 3.63) is 28.8 Å². The van der Waals surface area contributed by atoms with Gasteiger partial charge in [-0.3, -0.25) is 4.79 Å². The summed E-state index contributed by atoms with van der Waals surface area (Å²) in [6.45, 7) is 0. The van der Waals surface area contributed by atoms with Crippen molar-refractivity contribution in [3.63, 3.8) is 0 Å². The summed E-state index contributed by atoms with van der Waals surface area (Å²) in [5.41, 5.74) is 0.650. The molecule has 0 atom stereocenters. The first-order valence-corrected chi connectivity index (χ1v) is 4.90. The molecule has 0 saturated carbocycles. The van der Waals surface area contributed by atoms with Crippen molar-refractivity contribution in [2.75, 3.05) is 14.2 Å². The minimum Gasteiger partial charge on any atom is -0.495 e. The van der Waals surface area contributed by atoms with Crippen LogP contribution in [0.3, 0.4) is 0 Å². The highest BCUT2D eigenvalue weighted by Crippen LogP contribution is 2.25. The summed E-state index contributed by atoms with van der Waals surface area (Å²) >= 11 is 5.82. The highest BCUT2D eigenvalue weighted by Gasteiger charge is 2.15. The molecule has 0 unspecified atom stereocenters. The lowest BCUT2D eigenvalue weighted by Crippen LogP contribution is -2.17. The molecule has 1 aromatic rings. The average molecular weight is 243 g/mol. The molecule has 1 aromatic carbocycles. The predicted molar refractivity (Wildman–Crippen MR) is 58.7 cm³/mol. The van der Waals surface area contributed by atoms with Crippen molar-refractivity contribution in [1.82, 2.24) is 0 Å². The molecular weight excluding hydrogens is 232 g/mol. The Morgan fingerprint density at radius 3 is 2.56 bits per heavy atom. The van der Waals surface area contributed by atoms with Gasteiger partial charge in [0.05, 0.1) is 19.2 Å². The lowest BCUT2D eigenvalue weighted by atomic mass is 10.1. The fourth-order valence-electron chi connectivity index (χ4n) is 1.19. The Hall–Kier alpha value is -1.55. The molecule has 86 valence electrons. The van der Waals surface area contributed by atoms with Gasteiger partial charge in [0.15, 0.2) is 0 Å². The van der Waals surface area contributed by atoms with Gasteiger partial charge in [-0.15, -0.1) is 0 Å². The average Bonchev–Trinajstić information content (AvgIpc) is 2.30. The first kappa shape index (κ1) is 12.5. The number of esters is 1. The number of halogens is 1. The monoisotopic (exact) mass is 242 g/mol. The van der Waals surface area contributed by atoms with Crippen LogP contribution >= 0.6 is 11.6 Å². The van der Waals surface area contributed by atoms with Gasteiger partial charge in [-0.05, 0) is 17.7 Å². The summed E-state index contributed by atoms with van der Waals surface area (Å²) in [4.78, 5) is 22.2. The zero-order valence-electron chi connectivity index (χ0n) is 8.95. The normalized spacial score (nSPS) is 9.69. The van der Waals surface area contributed by atoms with Gasteiger partial charge < -0.3 is 9.47 Å². The second-order valence-electron chi connectivity index (χ2n) is 3.06. The van der Waals surface area contributed by atoms with E-state index in [9.17, 15) is 9.59 Å². The molecule has 0 heterocycles. The van der Waals surface area contributed by atoms with Crippen LogP contribution in [0.5, 0.6) is 5.75 Å². The number of Topliss-reactive ketones (excluding diaryl/α,β-unsaturated/α-hetero) is 1. The molecular formula is C11H11ClO4. The van der Waals surface area contributed by atoms with Gasteiger partial charge in [0.2, 0.25) is 5.78 Å². The van der Waals surface area contributed by atoms with E-state index in [1.807, 2.05) is 0 Å². The molecule has 0 N–H and O–H groups in total. The topological polar surface area (TPSA) is 52.6 Å². The third-order valence-corrected chi connectivity index (χ3v) is 2.31. The van der Waals surface area contributed by atoms with E-state index in [0.717, 1.165) is 0 Å². The molecule has 0 bridgehead atoms. The maximum absolute atomic E-state index is 11.3. The Labute approximate surface area is 98.1 Å². The van der Waals surface area contributed by atoms with Crippen molar-refractivity contribution >= 4 is 23.4 Å². The van der Waals surface area contributed by atoms with Gasteiger partial charge in [0.1, 0.15) is 5.75 Å². The number of rotatable bonds is 4. The van der Waals surface area contributed by atoms with Crippen molar-refractivity contribution in [2.45, 2.75) is 6.42 Å². The Morgan fingerprint density at radius 1 is 1.31 bits per heavy atom. The van der Waals surface area contributed by atoms with E-state index in [1.54, 1.807) is 18.2 Å². The molecule has 0 aliphatic heterocycles. The number of carbonyl (C=O) groups is 2. The molecule has 5 heteroatoms. The van der Waals surface area contributed by atoms with E-state index in [1.165, 1.54) is 14.2 Å². The second-order valence-corrected chi connectivity index (χ2v) is 3.47. The molecule has 0 aliphatic carbocycles. The lowest BCUT2D eigenvalue weighted by molar-refractivity contribution is -0.151. The SMILES string of the molecule is COC(=O)C(=O)Cc1ccc(Cl)c(OC)c1. The number of methoxy groups -OCH3 is 2. The van der Waals surface area contributed by atoms with E-state index in [0.29, 0.717) is 16.3 Å². The number of ketones is 1. The molecule has 4 nitrogen and oxygen atoms in total. The van der Waals surface area contributed by atoms with Crippen LogP contribution in [0.2, 0.25) is 5.02 Å². The summed E-state index contributed by atoms with van der Waals surface area (Å²) in [5.74, 6) is -0.988. The molecule has 16 heavy (non-hydrogen) atoms. The van der Waals surface area contributed by atoms with Crippen LogP contribution in [0, 0.1) is 0 Å². The number of ether oxygens (including phenoxy) is 2. The van der Waals surface area contributed by atoms with E-state index in [2.05, 4.69) is 4.74 Å². The van der Waals surface area contributed by atoms with Crippen molar-refractivity contribution in [1.29, 1.82) is 0 Å². The van der Waals surface area contributed by atoms with Gasteiger partial charge >= 0.3 is 5.97 Å². The van der Waals surface area contributed by atoms with Crippen molar-refractivity contribution in [2.24, 2.45) is 0 Å². The third-order valence-electron chi connectivity index (χ3n) is 1.99. The van der Waals surface area contributed by atoms with Gasteiger partial charge in [-0.2, -0.15) is 0 Å². The van der Waals surface area contributed by atoms with Crippen LogP contribution in [-0.4, -0.2) is 26.0 Å². The molecule has 0 fully saturated rings. The van der Waals surface area contributed by atoms with Gasteiger partial charge in [0, 0.05) is 6.42 Å². The van der Waals surface area contributed by atoms with E-state index < -0.39 is 11.8 Å². The van der Waals surface area contributed by atoms with Crippen LogP contribution in [0.25, 0.3) is 0 Å². The van der Waals surface area contributed by atoms with Crippen LogP contribution < -0.4 is 4.74 Å². The van der Waals surface area contributed by atoms with E-state index in [-0.39, 0.29) is 6.42 Å². The van der Waals surface area contributed by atoms with Crippen LogP contribution in [0.1, 0.15) is 5.56 Å². The van der Waals surface area contributed by atoms with Crippen LogP contribution in [0.15, 0.2) is 18.2 Å². The second kappa shape index (κ2) is 5.51. The predicted octanol–water partition coefficient (Wildman–Crippen LogP) is 1.63. The lowest BCUT2D eigenvalue weighted by Gasteiger charge is -2.05. The Kier molecular flexibility index (Phi) is 4.31. The maximum atomic E-state index is 11.3. The Balaban J connectivity index is 2.82.